The lowest BCUT2D eigenvalue weighted by atomic mass is 10.1. The highest BCUT2D eigenvalue weighted by molar-refractivity contribution is 7.86. The molecule has 4 aromatic carbocycles. The van der Waals surface area contributed by atoms with Crippen LogP contribution in [0.5, 0.6) is 0 Å². The molecule has 0 atom stereocenters. The molecule has 0 bridgehead atoms. The number of azo groups is 2. The van der Waals surface area contributed by atoms with E-state index in [1.54, 1.807) is 24.3 Å². The van der Waals surface area contributed by atoms with Crippen molar-refractivity contribution in [1.82, 2.24) is 0 Å². The maximum atomic E-state index is 11.7. The maximum Gasteiger partial charge on any atom is 0.296 e. The van der Waals surface area contributed by atoms with E-state index < -0.39 is 25.1 Å². The molecular formula is C23H19N5O6S2. The second-order valence-electron chi connectivity index (χ2n) is 7.67. The molecule has 4 N–H and O–H groups in total. The molecule has 0 saturated carbocycles. The Hall–Kier alpha value is -4.04. The predicted molar refractivity (Wildman–Crippen MR) is 134 cm³/mol. The fourth-order valence-electron chi connectivity index (χ4n) is 3.40. The van der Waals surface area contributed by atoms with E-state index in [0.717, 1.165) is 5.56 Å². The van der Waals surface area contributed by atoms with Crippen molar-refractivity contribution >= 4 is 59.4 Å². The van der Waals surface area contributed by atoms with Gasteiger partial charge in [0, 0.05) is 16.5 Å². The monoisotopic (exact) mass is 525 g/mol. The minimum atomic E-state index is -4.53. The fraction of sp³-hybridized carbons (Fsp3) is 0.0435. The van der Waals surface area contributed by atoms with Crippen LogP contribution in [0.15, 0.2) is 103 Å². The maximum absolute atomic E-state index is 11.7. The van der Waals surface area contributed by atoms with Crippen LogP contribution >= 0.6 is 0 Å². The Balaban J connectivity index is 1.85. The van der Waals surface area contributed by atoms with Gasteiger partial charge in [0.25, 0.3) is 20.2 Å². The lowest BCUT2D eigenvalue weighted by molar-refractivity contribution is 0.481. The molecule has 0 saturated heterocycles. The van der Waals surface area contributed by atoms with Crippen molar-refractivity contribution < 1.29 is 25.9 Å². The smallest absolute Gasteiger partial charge is 0.296 e. The van der Waals surface area contributed by atoms with Crippen LogP contribution in [-0.4, -0.2) is 25.9 Å². The number of anilines is 1. The highest BCUT2D eigenvalue weighted by Crippen LogP contribution is 2.37. The minimum absolute atomic E-state index is 0.0923. The molecule has 0 heterocycles. The summed E-state index contributed by atoms with van der Waals surface area (Å²) < 4.78 is 65.7. The van der Waals surface area contributed by atoms with Crippen molar-refractivity contribution in [3.63, 3.8) is 0 Å². The summed E-state index contributed by atoms with van der Waals surface area (Å²) in [7, 11) is -9.05. The second kappa shape index (κ2) is 9.54. The lowest BCUT2D eigenvalue weighted by Crippen LogP contribution is -1.97. The van der Waals surface area contributed by atoms with Gasteiger partial charge in [-0.25, -0.2) is 0 Å². The van der Waals surface area contributed by atoms with Crippen molar-refractivity contribution in [3.05, 3.63) is 78.4 Å². The van der Waals surface area contributed by atoms with Gasteiger partial charge in [0.2, 0.25) is 0 Å². The van der Waals surface area contributed by atoms with Gasteiger partial charge in [0.15, 0.2) is 0 Å². The predicted octanol–water partition coefficient (Wildman–Crippen LogP) is 6.05. The zero-order chi connectivity index (χ0) is 26.1. The summed E-state index contributed by atoms with van der Waals surface area (Å²) in [6, 6.07) is 17.5. The molecule has 0 unspecified atom stereocenters. The van der Waals surface area contributed by atoms with E-state index in [1.165, 1.54) is 48.5 Å². The number of hydrogen-bond acceptors (Lipinski definition) is 9. The zero-order valence-corrected chi connectivity index (χ0v) is 20.3. The molecule has 0 aromatic heterocycles. The molecule has 0 aliphatic rings. The van der Waals surface area contributed by atoms with E-state index in [1.807, 2.05) is 6.92 Å². The molecule has 11 nitrogen and oxygen atoms in total. The quantitative estimate of drug-likeness (QED) is 0.155. The number of hydrogen-bond donors (Lipinski definition) is 3. The first kappa shape index (κ1) is 25.1. The van der Waals surface area contributed by atoms with Crippen molar-refractivity contribution in [2.45, 2.75) is 16.7 Å². The van der Waals surface area contributed by atoms with Crippen molar-refractivity contribution in [2.75, 3.05) is 5.73 Å². The number of nitrogens with zero attached hydrogens (tertiary/aromatic N) is 4. The van der Waals surface area contributed by atoms with E-state index >= 15 is 0 Å². The molecule has 4 rings (SSSR count). The van der Waals surface area contributed by atoms with Crippen molar-refractivity contribution in [3.8, 4) is 0 Å². The van der Waals surface area contributed by atoms with E-state index in [2.05, 4.69) is 20.5 Å². The van der Waals surface area contributed by atoms with Crippen LogP contribution in [0.25, 0.3) is 10.8 Å². The van der Waals surface area contributed by atoms with Crippen molar-refractivity contribution in [1.29, 1.82) is 0 Å². The van der Waals surface area contributed by atoms with E-state index in [9.17, 15) is 25.9 Å². The Bertz CT molecular complexity index is 1770. The van der Waals surface area contributed by atoms with Gasteiger partial charge in [-0.1, -0.05) is 18.2 Å². The van der Waals surface area contributed by atoms with Gasteiger partial charge >= 0.3 is 0 Å². The standard InChI is InChI=1S/C23H19N5O6S2/c1-14-12-15(24)6-9-19(14)25-27-21-11-10-20(17-8-7-16(13-18(17)21)35(29,30)31)26-28-22-4-2-3-5-23(22)36(32,33)34/h2-13H,24H2,1H3,(H,29,30,31)(H,32,33,34). The minimum Gasteiger partial charge on any atom is -0.399 e. The van der Waals surface area contributed by atoms with Gasteiger partial charge in [-0.3, -0.25) is 9.11 Å². The Morgan fingerprint density at radius 1 is 0.639 bits per heavy atom. The first-order valence-electron chi connectivity index (χ1n) is 10.2. The molecule has 36 heavy (non-hydrogen) atoms. The first-order chi connectivity index (χ1) is 16.9. The molecule has 184 valence electrons. The van der Waals surface area contributed by atoms with Crippen LogP contribution in [0.4, 0.5) is 28.4 Å². The summed E-state index contributed by atoms with van der Waals surface area (Å²) in [4.78, 5) is -0.781. The third-order valence-corrected chi connectivity index (χ3v) is 6.89. The lowest BCUT2D eigenvalue weighted by Gasteiger charge is -2.07. The number of benzene rings is 4. The molecule has 0 amide bonds. The van der Waals surface area contributed by atoms with Gasteiger partial charge in [0.1, 0.15) is 10.6 Å². The summed E-state index contributed by atoms with van der Waals surface area (Å²) >= 11 is 0. The Labute approximate surface area is 206 Å². The molecule has 0 spiro atoms. The van der Waals surface area contributed by atoms with Crippen LogP contribution in [0.1, 0.15) is 5.56 Å². The molecule has 0 radical (unpaired) electrons. The molecule has 0 aliphatic heterocycles. The van der Waals surface area contributed by atoms with E-state index in [4.69, 9.17) is 5.73 Å². The normalized spacial score (nSPS) is 12.6. The highest BCUT2D eigenvalue weighted by Gasteiger charge is 2.16. The third-order valence-electron chi connectivity index (χ3n) is 5.13. The zero-order valence-electron chi connectivity index (χ0n) is 18.6. The second-order valence-corrected chi connectivity index (χ2v) is 10.5. The van der Waals surface area contributed by atoms with Crippen LogP contribution in [0.3, 0.4) is 0 Å². The topological polar surface area (TPSA) is 184 Å². The van der Waals surface area contributed by atoms with E-state index in [0.29, 0.717) is 22.1 Å². The summed E-state index contributed by atoms with van der Waals surface area (Å²) in [5.74, 6) is 0. The van der Waals surface area contributed by atoms with E-state index in [-0.39, 0.29) is 22.0 Å². The van der Waals surface area contributed by atoms with Crippen molar-refractivity contribution in [2.24, 2.45) is 20.5 Å². The van der Waals surface area contributed by atoms with Gasteiger partial charge in [-0.2, -0.15) is 21.9 Å². The Morgan fingerprint density at radius 2 is 1.22 bits per heavy atom. The van der Waals surface area contributed by atoms with Gasteiger partial charge in [0.05, 0.1) is 22.0 Å². The Morgan fingerprint density at radius 3 is 1.86 bits per heavy atom. The van der Waals surface area contributed by atoms with Crippen LogP contribution in [0, 0.1) is 6.92 Å². The number of nitrogens with two attached hydrogens (primary N) is 1. The summed E-state index contributed by atoms with van der Waals surface area (Å²) in [6.07, 6.45) is 0. The largest absolute Gasteiger partial charge is 0.399 e. The average Bonchev–Trinajstić information content (AvgIpc) is 2.81. The molecule has 4 aromatic rings. The van der Waals surface area contributed by atoms with Gasteiger partial charge in [-0.05, 0) is 67.1 Å². The molecular weight excluding hydrogens is 506 g/mol. The fourth-order valence-corrected chi connectivity index (χ4v) is 4.53. The van der Waals surface area contributed by atoms with Gasteiger partial charge < -0.3 is 5.73 Å². The number of nitrogen functional groups attached to an aromatic ring is 1. The molecule has 0 aliphatic carbocycles. The molecule has 13 heteroatoms. The first-order valence-corrected chi connectivity index (χ1v) is 13.1. The van der Waals surface area contributed by atoms with Gasteiger partial charge in [-0.15, -0.1) is 15.3 Å². The average molecular weight is 526 g/mol. The summed E-state index contributed by atoms with van der Waals surface area (Å²) in [6.45, 7) is 1.81. The third kappa shape index (κ3) is 5.44. The van der Waals surface area contributed by atoms with Crippen LogP contribution < -0.4 is 5.73 Å². The number of aryl methyl sites for hydroxylation is 1. The van der Waals surface area contributed by atoms with Crippen LogP contribution in [0.2, 0.25) is 0 Å². The Kier molecular flexibility index (Phi) is 6.65. The van der Waals surface area contributed by atoms with Crippen LogP contribution in [-0.2, 0) is 20.2 Å². The SMILES string of the molecule is Cc1cc(N)ccc1N=Nc1ccc(N=Nc2ccccc2S(=O)(=O)O)c2ccc(S(=O)(=O)O)cc12. The highest BCUT2D eigenvalue weighted by atomic mass is 32.2. The summed E-state index contributed by atoms with van der Waals surface area (Å²) in [5.41, 5.74) is 8.11. The number of rotatable bonds is 6. The molecule has 0 fully saturated rings. The number of fused-ring (bicyclic) bond motifs is 1. The summed E-state index contributed by atoms with van der Waals surface area (Å²) in [5, 5.41) is 17.2.